The lowest BCUT2D eigenvalue weighted by Gasteiger charge is -2.41. The SMILES string of the molecule is C[C@@H]1CC[C@@H](C)N1C(=O)[C@@H]1C=C2c3cccc4c3c(cn4C(=O)C3CC3)C[C@H]2N(C)C1. The molecule has 1 saturated heterocycles. The number of fused-ring (bicyclic) bond motifs is 2. The molecule has 162 valence electrons. The third-order valence-electron chi connectivity index (χ3n) is 8.08. The minimum Gasteiger partial charge on any atom is -0.337 e. The van der Waals surface area contributed by atoms with Gasteiger partial charge < -0.3 is 4.90 Å². The van der Waals surface area contributed by atoms with Gasteiger partial charge in [0.1, 0.15) is 0 Å². The number of hydrogen-bond acceptors (Lipinski definition) is 3. The van der Waals surface area contributed by atoms with Crippen LogP contribution in [0.2, 0.25) is 0 Å². The van der Waals surface area contributed by atoms with Gasteiger partial charge in [-0.2, -0.15) is 0 Å². The lowest BCUT2D eigenvalue weighted by Crippen LogP contribution is -2.49. The maximum atomic E-state index is 13.5. The minimum atomic E-state index is -0.105. The van der Waals surface area contributed by atoms with E-state index in [1.165, 1.54) is 22.1 Å². The van der Waals surface area contributed by atoms with Gasteiger partial charge in [0.25, 0.3) is 0 Å². The number of likely N-dealkylation sites (tertiary alicyclic amines) is 1. The molecule has 2 aliphatic carbocycles. The molecule has 31 heavy (non-hydrogen) atoms. The van der Waals surface area contributed by atoms with Gasteiger partial charge in [0.05, 0.1) is 11.4 Å². The number of amides is 1. The number of benzene rings is 1. The number of hydrogen-bond donors (Lipinski definition) is 0. The van der Waals surface area contributed by atoms with Crippen molar-refractivity contribution < 1.29 is 9.59 Å². The first-order valence-corrected chi connectivity index (χ1v) is 11.9. The zero-order valence-corrected chi connectivity index (χ0v) is 18.7. The molecule has 1 aromatic heterocycles. The van der Waals surface area contributed by atoms with E-state index in [1.807, 2.05) is 4.57 Å². The predicted octanol–water partition coefficient (Wildman–Crippen LogP) is 3.96. The lowest BCUT2D eigenvalue weighted by atomic mass is 9.79. The fourth-order valence-corrected chi connectivity index (χ4v) is 6.24. The van der Waals surface area contributed by atoms with E-state index in [-0.39, 0.29) is 29.7 Å². The summed E-state index contributed by atoms with van der Waals surface area (Å²) >= 11 is 0. The first-order chi connectivity index (χ1) is 14.9. The molecule has 2 aromatic rings. The van der Waals surface area contributed by atoms with Crippen LogP contribution in [0.4, 0.5) is 0 Å². The Hall–Kier alpha value is -2.40. The summed E-state index contributed by atoms with van der Waals surface area (Å²) in [6.07, 6.45) is 9.47. The summed E-state index contributed by atoms with van der Waals surface area (Å²) in [5, 5.41) is 1.21. The van der Waals surface area contributed by atoms with Gasteiger partial charge in [0.15, 0.2) is 0 Å². The Kier molecular flexibility index (Phi) is 4.23. The van der Waals surface area contributed by atoms with Crippen LogP contribution in [-0.2, 0) is 11.2 Å². The Labute approximate surface area is 183 Å². The lowest BCUT2D eigenvalue weighted by molar-refractivity contribution is -0.137. The van der Waals surface area contributed by atoms with Crippen LogP contribution in [-0.4, -0.2) is 57.9 Å². The molecule has 3 heterocycles. The van der Waals surface area contributed by atoms with E-state index in [1.54, 1.807) is 0 Å². The molecule has 6 rings (SSSR count). The second-order valence-electron chi connectivity index (χ2n) is 10.2. The molecule has 2 aliphatic heterocycles. The summed E-state index contributed by atoms with van der Waals surface area (Å²) in [4.78, 5) is 30.9. The smallest absolute Gasteiger partial charge is 0.234 e. The van der Waals surface area contributed by atoms with Crippen molar-refractivity contribution in [3.63, 3.8) is 0 Å². The molecule has 4 aliphatic rings. The van der Waals surface area contributed by atoms with E-state index in [2.05, 4.69) is 61.2 Å². The largest absolute Gasteiger partial charge is 0.337 e. The van der Waals surface area contributed by atoms with E-state index < -0.39 is 0 Å². The van der Waals surface area contributed by atoms with Crippen molar-refractivity contribution in [1.82, 2.24) is 14.4 Å². The van der Waals surface area contributed by atoms with Crippen LogP contribution in [0.25, 0.3) is 16.5 Å². The monoisotopic (exact) mass is 417 g/mol. The number of carbonyl (C=O) groups is 2. The molecule has 0 N–H and O–H groups in total. The van der Waals surface area contributed by atoms with E-state index in [0.29, 0.717) is 12.1 Å². The van der Waals surface area contributed by atoms with Crippen molar-refractivity contribution in [2.45, 2.75) is 64.1 Å². The molecule has 5 heteroatoms. The van der Waals surface area contributed by atoms with Crippen LogP contribution in [0.15, 0.2) is 30.5 Å². The Morgan fingerprint density at radius 2 is 1.74 bits per heavy atom. The third-order valence-corrected chi connectivity index (χ3v) is 8.08. The van der Waals surface area contributed by atoms with Gasteiger partial charge in [0, 0.05) is 42.2 Å². The first-order valence-electron chi connectivity index (χ1n) is 11.9. The van der Waals surface area contributed by atoms with Crippen molar-refractivity contribution in [3.8, 4) is 0 Å². The molecule has 2 fully saturated rings. The fourth-order valence-electron chi connectivity index (χ4n) is 6.24. The average Bonchev–Trinajstić information content (AvgIpc) is 3.47. The normalized spacial score (nSPS) is 30.4. The summed E-state index contributed by atoms with van der Waals surface area (Å²) in [6.45, 7) is 5.12. The van der Waals surface area contributed by atoms with Gasteiger partial charge in [-0.1, -0.05) is 18.2 Å². The highest BCUT2D eigenvalue weighted by Crippen LogP contribution is 2.43. The zero-order chi connectivity index (χ0) is 21.4. The van der Waals surface area contributed by atoms with E-state index in [9.17, 15) is 9.59 Å². The molecule has 1 saturated carbocycles. The second kappa shape index (κ2) is 6.80. The fraction of sp³-hybridized carbons (Fsp3) is 0.538. The van der Waals surface area contributed by atoms with Crippen LogP contribution in [0.5, 0.6) is 0 Å². The molecular weight excluding hydrogens is 386 g/mol. The van der Waals surface area contributed by atoms with Crippen molar-refractivity contribution >= 4 is 28.3 Å². The maximum absolute atomic E-state index is 13.5. The van der Waals surface area contributed by atoms with E-state index in [0.717, 1.165) is 44.2 Å². The average molecular weight is 418 g/mol. The minimum absolute atomic E-state index is 0.105. The standard InChI is InChI=1S/C26H31N3O2/c1-15-7-8-16(2)29(15)26(31)19-11-21-20-5-4-6-22-24(20)18(12-23(21)27(3)13-19)14-28(22)25(30)17-9-10-17/h4-6,11,14-17,19,23H,7-10,12-13H2,1-3H3/t15-,16-,19-,23-/m1/s1. The zero-order valence-electron chi connectivity index (χ0n) is 18.7. The van der Waals surface area contributed by atoms with E-state index in [4.69, 9.17) is 0 Å². The van der Waals surface area contributed by atoms with Gasteiger partial charge in [-0.25, -0.2) is 0 Å². The Morgan fingerprint density at radius 3 is 2.45 bits per heavy atom. The molecule has 0 spiro atoms. The van der Waals surface area contributed by atoms with E-state index >= 15 is 0 Å². The van der Waals surface area contributed by atoms with Gasteiger partial charge in [-0.15, -0.1) is 0 Å². The number of aromatic nitrogens is 1. The highest BCUT2D eigenvalue weighted by Gasteiger charge is 2.41. The Morgan fingerprint density at radius 1 is 1.00 bits per heavy atom. The first kappa shape index (κ1) is 19.3. The summed E-state index contributed by atoms with van der Waals surface area (Å²) < 4.78 is 1.90. The van der Waals surface area contributed by atoms with Crippen LogP contribution in [0.3, 0.4) is 0 Å². The topological polar surface area (TPSA) is 45.6 Å². The molecule has 0 radical (unpaired) electrons. The quantitative estimate of drug-likeness (QED) is 0.743. The number of likely N-dealkylation sites (N-methyl/N-ethyl adjacent to an activating group) is 1. The van der Waals surface area contributed by atoms with Crippen molar-refractivity contribution in [1.29, 1.82) is 0 Å². The molecule has 0 unspecified atom stereocenters. The molecule has 0 bridgehead atoms. The molecule has 4 atom stereocenters. The van der Waals surface area contributed by atoms with Crippen molar-refractivity contribution in [2.24, 2.45) is 11.8 Å². The molecule has 1 amide bonds. The van der Waals surface area contributed by atoms with Gasteiger partial charge in [0.2, 0.25) is 11.8 Å². The summed E-state index contributed by atoms with van der Waals surface area (Å²) in [7, 11) is 2.15. The highest BCUT2D eigenvalue weighted by molar-refractivity contribution is 6.04. The Balaban J connectivity index is 1.43. The van der Waals surface area contributed by atoms with Crippen molar-refractivity contribution in [2.75, 3.05) is 13.6 Å². The molecule has 5 nitrogen and oxygen atoms in total. The number of rotatable bonds is 2. The van der Waals surface area contributed by atoms with Crippen LogP contribution >= 0.6 is 0 Å². The maximum Gasteiger partial charge on any atom is 0.234 e. The molecule has 1 aromatic carbocycles. The van der Waals surface area contributed by atoms with Gasteiger partial charge >= 0.3 is 0 Å². The summed E-state index contributed by atoms with van der Waals surface area (Å²) in [6, 6.07) is 7.24. The Bertz CT molecular complexity index is 1120. The predicted molar refractivity (Wildman–Crippen MR) is 122 cm³/mol. The summed E-state index contributed by atoms with van der Waals surface area (Å²) in [5.41, 5.74) is 4.76. The number of carbonyl (C=O) groups excluding carboxylic acids is 2. The van der Waals surface area contributed by atoms with Crippen LogP contribution in [0, 0.1) is 11.8 Å². The third kappa shape index (κ3) is 2.85. The van der Waals surface area contributed by atoms with Crippen LogP contribution in [0.1, 0.15) is 55.5 Å². The highest BCUT2D eigenvalue weighted by atomic mass is 16.2. The van der Waals surface area contributed by atoms with Gasteiger partial charge in [-0.3, -0.25) is 19.1 Å². The second-order valence-corrected chi connectivity index (χ2v) is 10.2. The van der Waals surface area contributed by atoms with Crippen molar-refractivity contribution in [3.05, 3.63) is 41.6 Å². The van der Waals surface area contributed by atoms with Gasteiger partial charge in [-0.05, 0) is 75.8 Å². The molecular formula is C26H31N3O2. The summed E-state index contributed by atoms with van der Waals surface area (Å²) in [5.74, 6) is 0.607. The van der Waals surface area contributed by atoms with Crippen LogP contribution < -0.4 is 0 Å². The number of nitrogens with zero attached hydrogens (tertiary/aromatic N) is 3.